The maximum absolute atomic E-state index is 12.6. The zero-order chi connectivity index (χ0) is 25.6. The minimum Gasteiger partial charge on any atom is -0.481 e. The van der Waals surface area contributed by atoms with Crippen molar-refractivity contribution >= 4 is 18.0 Å². The number of ether oxygens (including phenoxy) is 1. The number of alkyl carbamates (subject to hydrolysis) is 1. The van der Waals surface area contributed by atoms with Crippen molar-refractivity contribution in [3.63, 3.8) is 0 Å². The van der Waals surface area contributed by atoms with Gasteiger partial charge in [-0.05, 0) is 42.0 Å². The molecule has 0 aromatic heterocycles. The first-order valence-electron chi connectivity index (χ1n) is 11.3. The fraction of sp³-hybridized carbons (Fsp3) is 0.400. The maximum Gasteiger partial charge on any atom is 0.407 e. The van der Waals surface area contributed by atoms with Crippen LogP contribution in [0.4, 0.5) is 18.0 Å². The van der Waals surface area contributed by atoms with Crippen LogP contribution in [0.2, 0.25) is 0 Å². The molecule has 2 amide bonds. The van der Waals surface area contributed by atoms with E-state index in [1.165, 1.54) is 6.92 Å². The van der Waals surface area contributed by atoms with Crippen molar-refractivity contribution in [1.29, 1.82) is 0 Å². The van der Waals surface area contributed by atoms with E-state index in [0.29, 0.717) is 0 Å². The first-order valence-corrected chi connectivity index (χ1v) is 11.3. The molecule has 3 rings (SSSR count). The van der Waals surface area contributed by atoms with Gasteiger partial charge in [0.1, 0.15) is 12.6 Å². The molecule has 0 radical (unpaired) electrons. The highest BCUT2D eigenvalue weighted by atomic mass is 19.4. The van der Waals surface area contributed by atoms with E-state index >= 15 is 0 Å². The van der Waals surface area contributed by atoms with Crippen LogP contribution >= 0.6 is 0 Å². The van der Waals surface area contributed by atoms with Gasteiger partial charge in [-0.2, -0.15) is 13.2 Å². The lowest BCUT2D eigenvalue weighted by Gasteiger charge is -2.22. The smallest absolute Gasteiger partial charge is 0.407 e. The summed E-state index contributed by atoms with van der Waals surface area (Å²) in [5.41, 5.74) is 4.09. The summed E-state index contributed by atoms with van der Waals surface area (Å²) in [4.78, 5) is 36.1. The normalized spacial score (nSPS) is 14.4. The molecule has 2 atom stereocenters. The second-order valence-electron chi connectivity index (χ2n) is 8.52. The fourth-order valence-corrected chi connectivity index (χ4v) is 4.11. The highest BCUT2D eigenvalue weighted by Gasteiger charge is 2.31. The predicted molar refractivity (Wildman–Crippen MR) is 122 cm³/mol. The second-order valence-corrected chi connectivity index (χ2v) is 8.52. The molecule has 1 aliphatic rings. The highest BCUT2D eigenvalue weighted by Crippen LogP contribution is 2.44. The summed E-state index contributed by atoms with van der Waals surface area (Å²) < 4.78 is 42.7. The molecular weight excluding hydrogens is 465 g/mol. The van der Waals surface area contributed by atoms with Gasteiger partial charge < -0.3 is 20.5 Å². The highest BCUT2D eigenvalue weighted by molar-refractivity contribution is 5.86. The van der Waals surface area contributed by atoms with Gasteiger partial charge in [0.2, 0.25) is 5.91 Å². The van der Waals surface area contributed by atoms with Crippen LogP contribution in [0, 0.1) is 0 Å². The SMILES string of the molecule is CC(CCC(F)(F)F)NC(=O)C(CCC(=O)O)NC(=O)OCC1c2ccccc2-c2ccccc21. The Hall–Kier alpha value is -3.56. The number of benzene rings is 2. The third kappa shape index (κ3) is 7.21. The lowest BCUT2D eigenvalue weighted by atomic mass is 9.98. The minimum atomic E-state index is -4.36. The molecule has 2 aromatic rings. The molecule has 2 unspecified atom stereocenters. The van der Waals surface area contributed by atoms with E-state index in [1.54, 1.807) is 0 Å². The van der Waals surface area contributed by atoms with Crippen LogP contribution in [-0.4, -0.2) is 47.9 Å². The Bertz CT molecular complexity index is 1030. The lowest BCUT2D eigenvalue weighted by Crippen LogP contribution is -2.49. The molecule has 35 heavy (non-hydrogen) atoms. The monoisotopic (exact) mass is 492 g/mol. The zero-order valence-corrected chi connectivity index (χ0v) is 19.1. The average molecular weight is 492 g/mol. The maximum atomic E-state index is 12.6. The van der Waals surface area contributed by atoms with Gasteiger partial charge in [0.25, 0.3) is 0 Å². The summed E-state index contributed by atoms with van der Waals surface area (Å²) in [6.07, 6.45) is -7.35. The van der Waals surface area contributed by atoms with Crippen LogP contribution in [0.15, 0.2) is 48.5 Å². The van der Waals surface area contributed by atoms with Gasteiger partial charge in [0.15, 0.2) is 0 Å². The van der Waals surface area contributed by atoms with Crippen molar-refractivity contribution in [3.05, 3.63) is 59.7 Å². The van der Waals surface area contributed by atoms with E-state index in [2.05, 4.69) is 10.6 Å². The number of rotatable bonds is 10. The number of fused-ring (bicyclic) bond motifs is 3. The molecule has 0 saturated heterocycles. The third-order valence-corrected chi connectivity index (χ3v) is 5.85. The number of carboxylic acid groups (broad SMARTS) is 1. The zero-order valence-electron chi connectivity index (χ0n) is 19.1. The summed E-state index contributed by atoms with van der Waals surface area (Å²) in [5.74, 6) is -2.15. The molecule has 3 N–H and O–H groups in total. The molecule has 0 bridgehead atoms. The lowest BCUT2D eigenvalue weighted by molar-refractivity contribution is -0.139. The van der Waals surface area contributed by atoms with Gasteiger partial charge in [-0.15, -0.1) is 0 Å². The van der Waals surface area contributed by atoms with Crippen LogP contribution in [0.25, 0.3) is 11.1 Å². The Morgan fingerprint density at radius 2 is 1.54 bits per heavy atom. The van der Waals surface area contributed by atoms with E-state index in [0.717, 1.165) is 22.3 Å². The molecule has 188 valence electrons. The van der Waals surface area contributed by atoms with Gasteiger partial charge in [-0.1, -0.05) is 48.5 Å². The molecule has 0 spiro atoms. The van der Waals surface area contributed by atoms with Gasteiger partial charge in [-0.25, -0.2) is 4.79 Å². The number of carbonyl (C=O) groups excluding carboxylic acids is 2. The largest absolute Gasteiger partial charge is 0.481 e. The van der Waals surface area contributed by atoms with E-state index in [-0.39, 0.29) is 25.4 Å². The van der Waals surface area contributed by atoms with Crippen LogP contribution in [0.1, 0.15) is 49.7 Å². The van der Waals surface area contributed by atoms with Crippen LogP contribution in [0.5, 0.6) is 0 Å². The first-order chi connectivity index (χ1) is 16.5. The van der Waals surface area contributed by atoms with Gasteiger partial charge in [0.05, 0.1) is 0 Å². The second kappa shape index (κ2) is 11.2. The number of hydrogen-bond donors (Lipinski definition) is 3. The van der Waals surface area contributed by atoms with Crippen molar-refractivity contribution in [3.8, 4) is 11.1 Å². The summed E-state index contributed by atoms with van der Waals surface area (Å²) in [5, 5.41) is 13.7. The molecule has 0 saturated carbocycles. The van der Waals surface area contributed by atoms with Crippen LogP contribution in [0.3, 0.4) is 0 Å². The quantitative estimate of drug-likeness (QED) is 0.450. The number of carbonyl (C=O) groups is 3. The molecular formula is C25H27F3N2O5. The van der Waals surface area contributed by atoms with Crippen LogP contribution in [-0.2, 0) is 14.3 Å². The Balaban J connectivity index is 1.61. The number of aliphatic carboxylic acids is 1. The Morgan fingerprint density at radius 1 is 0.971 bits per heavy atom. The Morgan fingerprint density at radius 3 is 2.09 bits per heavy atom. The number of hydrogen-bond acceptors (Lipinski definition) is 4. The summed E-state index contributed by atoms with van der Waals surface area (Å²) in [6.45, 7) is 1.40. The molecule has 0 fully saturated rings. The van der Waals surface area contributed by atoms with E-state index in [9.17, 15) is 27.6 Å². The van der Waals surface area contributed by atoms with Crippen molar-refractivity contribution < 1.29 is 37.4 Å². The van der Waals surface area contributed by atoms with Crippen molar-refractivity contribution in [2.45, 2.75) is 56.8 Å². The number of amides is 2. The Kier molecular flexibility index (Phi) is 8.37. The molecule has 0 heterocycles. The van der Waals surface area contributed by atoms with E-state index in [4.69, 9.17) is 9.84 Å². The van der Waals surface area contributed by atoms with Crippen molar-refractivity contribution in [1.82, 2.24) is 10.6 Å². The summed E-state index contributed by atoms with van der Waals surface area (Å²) in [6, 6.07) is 13.4. The average Bonchev–Trinajstić information content (AvgIpc) is 3.12. The Labute approximate surface area is 200 Å². The third-order valence-electron chi connectivity index (χ3n) is 5.85. The predicted octanol–water partition coefficient (Wildman–Crippen LogP) is 4.61. The van der Waals surface area contributed by atoms with Crippen LogP contribution < -0.4 is 10.6 Å². The number of alkyl halides is 3. The van der Waals surface area contributed by atoms with Crippen molar-refractivity contribution in [2.24, 2.45) is 0 Å². The molecule has 10 heteroatoms. The van der Waals surface area contributed by atoms with Gasteiger partial charge >= 0.3 is 18.2 Å². The molecule has 0 aliphatic heterocycles. The van der Waals surface area contributed by atoms with E-state index < -0.39 is 49.1 Å². The van der Waals surface area contributed by atoms with E-state index in [1.807, 2.05) is 48.5 Å². The molecule has 2 aromatic carbocycles. The van der Waals surface area contributed by atoms with Gasteiger partial charge in [-0.3, -0.25) is 9.59 Å². The fourth-order valence-electron chi connectivity index (χ4n) is 4.11. The van der Waals surface area contributed by atoms with Crippen molar-refractivity contribution in [2.75, 3.05) is 6.61 Å². The first kappa shape index (κ1) is 26.1. The standard InChI is InChI=1S/C25H27F3N2O5/c1-15(12-13-25(26,27)28)29-23(33)21(10-11-22(31)32)30-24(34)35-14-20-18-8-4-2-6-16(18)17-7-3-5-9-19(17)20/h2-9,15,20-21H,10-14H2,1H3,(H,29,33)(H,30,34)(H,31,32). The number of halogens is 3. The number of carboxylic acids is 1. The molecule has 1 aliphatic carbocycles. The van der Waals surface area contributed by atoms with Gasteiger partial charge in [0, 0.05) is 24.8 Å². The number of nitrogens with one attached hydrogen (secondary N) is 2. The molecule has 7 nitrogen and oxygen atoms in total. The topological polar surface area (TPSA) is 105 Å². The summed E-state index contributed by atoms with van der Waals surface area (Å²) >= 11 is 0. The minimum absolute atomic E-state index is 0.00485. The summed E-state index contributed by atoms with van der Waals surface area (Å²) in [7, 11) is 0.